The van der Waals surface area contributed by atoms with Crippen molar-refractivity contribution in [3.8, 4) is 0 Å². The fourth-order valence-corrected chi connectivity index (χ4v) is 4.83. The van der Waals surface area contributed by atoms with Crippen LogP contribution in [0.15, 0.2) is 58.9 Å². The van der Waals surface area contributed by atoms with Crippen molar-refractivity contribution in [2.45, 2.75) is 20.0 Å². The summed E-state index contributed by atoms with van der Waals surface area (Å²) in [6.45, 7) is 5.39. The molecule has 0 radical (unpaired) electrons. The number of quaternary nitrogens is 1. The van der Waals surface area contributed by atoms with Crippen molar-refractivity contribution in [1.82, 2.24) is 14.9 Å². The first kappa shape index (κ1) is 27.9. The standard InChI is InChI=1S/C27H30ClFN4O5/c1-18(34)38-26-25(27(35)33(2,31-26)24-9-8-21(29)14-22(24)28)23(17-36-3)30-15-19-6-4-5-7-20(19)16-32-10-12-37-13-11-32/h4-9,14H,10-13,15-17H2,1-3H3/p+1. The molecule has 2 aromatic carbocycles. The van der Waals surface area contributed by atoms with Crippen LogP contribution >= 0.6 is 11.6 Å². The largest absolute Gasteiger partial charge is 0.404 e. The molecule has 0 spiro atoms. The van der Waals surface area contributed by atoms with Gasteiger partial charge in [-0.15, -0.1) is 4.59 Å². The number of rotatable bonds is 9. The first-order valence-electron chi connectivity index (χ1n) is 12.2. The number of nitrogens with zero attached hydrogens (tertiary/aromatic N) is 3. The summed E-state index contributed by atoms with van der Waals surface area (Å²) in [6, 6.07) is 11.7. The minimum Gasteiger partial charge on any atom is -0.404 e. The van der Waals surface area contributed by atoms with Crippen LogP contribution in [0, 0.1) is 5.82 Å². The van der Waals surface area contributed by atoms with E-state index in [2.05, 4.69) is 16.4 Å². The lowest BCUT2D eigenvalue weighted by Gasteiger charge is -2.27. The van der Waals surface area contributed by atoms with E-state index in [0.29, 0.717) is 18.9 Å². The molecule has 2 heterocycles. The number of carbonyl (C=O) groups excluding carboxylic acids is 2. The van der Waals surface area contributed by atoms with E-state index < -0.39 is 22.3 Å². The second-order valence-corrected chi connectivity index (χ2v) is 9.58. The van der Waals surface area contributed by atoms with Crippen LogP contribution in [-0.4, -0.2) is 69.6 Å². The van der Waals surface area contributed by atoms with Crippen molar-refractivity contribution in [1.29, 1.82) is 0 Å². The maximum Gasteiger partial charge on any atom is 0.382 e. The Morgan fingerprint density at radius 3 is 2.58 bits per heavy atom. The fourth-order valence-electron chi connectivity index (χ4n) is 4.50. The summed E-state index contributed by atoms with van der Waals surface area (Å²) in [5, 5.41) is 0.0408. The number of benzene rings is 2. The number of halogens is 2. The summed E-state index contributed by atoms with van der Waals surface area (Å²) in [4.78, 5) is 32.9. The normalized spacial score (nSPS) is 20.6. The zero-order valence-corrected chi connectivity index (χ0v) is 22.4. The zero-order chi connectivity index (χ0) is 27.3. The second-order valence-electron chi connectivity index (χ2n) is 9.17. The Morgan fingerprint density at radius 2 is 1.92 bits per heavy atom. The van der Waals surface area contributed by atoms with Crippen LogP contribution in [0.1, 0.15) is 18.1 Å². The number of hydrogen-bond donors (Lipinski definition) is 1. The topological polar surface area (TPSA) is 89.5 Å². The molecule has 1 saturated heterocycles. The molecule has 2 aliphatic rings. The highest BCUT2D eigenvalue weighted by molar-refractivity contribution is 6.34. The molecule has 0 aromatic heterocycles. The van der Waals surface area contributed by atoms with Gasteiger partial charge in [0.05, 0.1) is 32.1 Å². The van der Waals surface area contributed by atoms with Crippen molar-refractivity contribution in [3.05, 3.63) is 75.9 Å². The zero-order valence-electron chi connectivity index (χ0n) is 21.6. The molecule has 2 aromatic rings. The van der Waals surface area contributed by atoms with Gasteiger partial charge < -0.3 is 14.2 Å². The third-order valence-corrected chi connectivity index (χ3v) is 6.74. The third kappa shape index (κ3) is 6.11. The molecule has 1 fully saturated rings. The number of amides is 1. The number of nitrogens with one attached hydrogen (secondary N) is 1. The summed E-state index contributed by atoms with van der Waals surface area (Å²) in [6.07, 6.45) is 0. The minimum atomic E-state index is -0.621. The van der Waals surface area contributed by atoms with Gasteiger partial charge in [0.2, 0.25) is 0 Å². The quantitative estimate of drug-likeness (QED) is 0.294. The lowest BCUT2D eigenvalue weighted by Crippen LogP contribution is -2.56. The number of morpholine rings is 1. The van der Waals surface area contributed by atoms with Crippen molar-refractivity contribution < 1.29 is 28.2 Å². The van der Waals surface area contributed by atoms with Gasteiger partial charge in [-0.1, -0.05) is 35.9 Å². The molecular formula is C27H31ClFN4O5+. The number of carbonyl (C=O) groups is 2. The average molecular weight is 546 g/mol. The van der Waals surface area contributed by atoms with Crippen molar-refractivity contribution >= 4 is 34.9 Å². The second kappa shape index (κ2) is 12.1. The van der Waals surface area contributed by atoms with Gasteiger partial charge in [-0.2, -0.15) is 5.43 Å². The predicted molar refractivity (Wildman–Crippen MR) is 142 cm³/mol. The maximum absolute atomic E-state index is 13.9. The number of ether oxygens (including phenoxy) is 3. The summed E-state index contributed by atoms with van der Waals surface area (Å²) in [5.74, 6) is -1.71. The highest BCUT2D eigenvalue weighted by Gasteiger charge is 2.50. The molecule has 0 saturated carbocycles. The molecule has 1 atom stereocenters. The lowest BCUT2D eigenvalue weighted by molar-refractivity contribution is -0.138. The van der Waals surface area contributed by atoms with Gasteiger partial charge in [0.15, 0.2) is 11.3 Å². The monoisotopic (exact) mass is 545 g/mol. The van der Waals surface area contributed by atoms with E-state index in [1.807, 2.05) is 18.2 Å². The highest BCUT2D eigenvalue weighted by atomic mass is 35.5. The molecule has 11 heteroatoms. The number of hydrogen-bond acceptors (Lipinski definition) is 8. The van der Waals surface area contributed by atoms with Crippen LogP contribution in [0.2, 0.25) is 5.02 Å². The van der Waals surface area contributed by atoms with Gasteiger partial charge in [-0.3, -0.25) is 14.7 Å². The van der Waals surface area contributed by atoms with Gasteiger partial charge in [-0.05, 0) is 23.3 Å². The number of aliphatic imine (C=N–C) groups is 1. The Balaban J connectivity index is 1.68. The SMILES string of the molecule is COCC(=NCc1ccccc1CN1CCOCC1)C1=C(OC(C)=O)N[N+](C)(c2ccc(F)cc2Cl)C1=O. The van der Waals surface area contributed by atoms with E-state index in [1.54, 1.807) is 7.05 Å². The van der Waals surface area contributed by atoms with E-state index in [1.165, 1.54) is 26.2 Å². The van der Waals surface area contributed by atoms with Crippen LogP contribution in [0.5, 0.6) is 0 Å². The first-order valence-corrected chi connectivity index (χ1v) is 12.6. The maximum atomic E-state index is 13.9. The first-order chi connectivity index (χ1) is 18.2. The Morgan fingerprint density at radius 1 is 1.21 bits per heavy atom. The molecule has 202 valence electrons. The lowest BCUT2D eigenvalue weighted by atomic mass is 10.1. The summed E-state index contributed by atoms with van der Waals surface area (Å²) < 4.78 is 29.4. The van der Waals surface area contributed by atoms with Crippen LogP contribution in [0.3, 0.4) is 0 Å². The molecule has 1 amide bonds. The van der Waals surface area contributed by atoms with Crippen LogP contribution in [0.4, 0.5) is 10.1 Å². The average Bonchev–Trinajstić information content (AvgIpc) is 3.12. The van der Waals surface area contributed by atoms with Gasteiger partial charge in [0.1, 0.15) is 17.9 Å². The molecule has 1 unspecified atom stereocenters. The molecular weight excluding hydrogens is 515 g/mol. The summed E-state index contributed by atoms with van der Waals surface area (Å²) in [5.41, 5.74) is 5.72. The fraction of sp³-hybridized carbons (Fsp3) is 0.370. The van der Waals surface area contributed by atoms with Crippen molar-refractivity contribution in [2.24, 2.45) is 4.99 Å². The summed E-state index contributed by atoms with van der Waals surface area (Å²) in [7, 11) is 3.03. The van der Waals surface area contributed by atoms with Crippen molar-refractivity contribution in [2.75, 3.05) is 47.1 Å². The molecule has 0 bridgehead atoms. The molecule has 9 nitrogen and oxygen atoms in total. The predicted octanol–water partition coefficient (Wildman–Crippen LogP) is 3.36. The third-order valence-electron chi connectivity index (χ3n) is 6.44. The van der Waals surface area contributed by atoms with E-state index in [4.69, 9.17) is 30.8 Å². The Hall–Kier alpha value is -3.15. The van der Waals surface area contributed by atoms with E-state index in [9.17, 15) is 14.0 Å². The summed E-state index contributed by atoms with van der Waals surface area (Å²) >= 11 is 6.30. The van der Waals surface area contributed by atoms with E-state index >= 15 is 0 Å². The van der Waals surface area contributed by atoms with Crippen LogP contribution in [0.25, 0.3) is 0 Å². The van der Waals surface area contributed by atoms with Crippen LogP contribution in [-0.2, 0) is 36.9 Å². The Labute approximate surface area is 226 Å². The number of esters is 1. The van der Waals surface area contributed by atoms with E-state index in [0.717, 1.165) is 36.8 Å². The van der Waals surface area contributed by atoms with Gasteiger partial charge >= 0.3 is 11.9 Å². The Kier molecular flexibility index (Phi) is 8.91. The van der Waals surface area contributed by atoms with Crippen molar-refractivity contribution in [3.63, 3.8) is 0 Å². The molecule has 2 aliphatic heterocycles. The van der Waals surface area contributed by atoms with Gasteiger partial charge in [0.25, 0.3) is 5.88 Å². The Bertz CT molecular complexity index is 1280. The van der Waals surface area contributed by atoms with E-state index in [-0.39, 0.29) is 35.3 Å². The molecule has 4 rings (SSSR count). The smallest absolute Gasteiger partial charge is 0.382 e. The molecule has 38 heavy (non-hydrogen) atoms. The minimum absolute atomic E-state index is 0.00367. The number of methoxy groups -OCH3 is 1. The molecule has 0 aliphatic carbocycles. The van der Waals surface area contributed by atoms with Gasteiger partial charge in [-0.25, -0.2) is 9.18 Å². The number of likely N-dealkylation sites (N-methyl/N-ethyl adjacent to an activating group) is 1. The molecule has 1 N–H and O–H groups in total. The van der Waals surface area contributed by atoms with Crippen LogP contribution < -0.4 is 10.0 Å². The highest BCUT2D eigenvalue weighted by Crippen LogP contribution is 2.35. The van der Waals surface area contributed by atoms with Gasteiger partial charge in [0, 0.05) is 39.7 Å².